The third-order valence-electron chi connectivity index (χ3n) is 5.78. The van der Waals surface area contributed by atoms with Crippen LogP contribution in [0, 0.1) is 25.2 Å². The topological polar surface area (TPSA) is 96.9 Å². The van der Waals surface area contributed by atoms with E-state index in [1.54, 1.807) is 24.3 Å². The van der Waals surface area contributed by atoms with Crippen molar-refractivity contribution in [3.63, 3.8) is 0 Å². The number of halogens is 2. The second kappa shape index (κ2) is 11.2. The number of rotatable bonds is 8. The molecule has 0 aliphatic heterocycles. The highest BCUT2D eigenvalue weighted by molar-refractivity contribution is 7.19. The molecule has 0 fully saturated rings. The maximum absolute atomic E-state index is 9.23. The quantitative estimate of drug-likeness (QED) is 0.205. The van der Waals surface area contributed by atoms with Crippen LogP contribution in [-0.2, 0) is 13.0 Å². The molecule has 0 aliphatic rings. The maximum atomic E-state index is 9.23. The summed E-state index contributed by atoms with van der Waals surface area (Å²) in [6, 6.07) is 20.7. The molecule has 0 spiro atoms. The van der Waals surface area contributed by atoms with Crippen LogP contribution in [0.1, 0.15) is 33.8 Å². The Morgan fingerprint density at radius 3 is 2.66 bits per heavy atom. The Labute approximate surface area is 233 Å². The lowest BCUT2D eigenvalue weighted by atomic mass is 10.0. The highest BCUT2D eigenvalue weighted by atomic mass is 35.5. The van der Waals surface area contributed by atoms with Crippen molar-refractivity contribution in [2.24, 2.45) is 0 Å². The van der Waals surface area contributed by atoms with E-state index in [4.69, 9.17) is 32.4 Å². The summed E-state index contributed by atoms with van der Waals surface area (Å²) >= 11 is 14.1. The van der Waals surface area contributed by atoms with Gasteiger partial charge in [0.1, 0.15) is 16.4 Å². The Bertz CT molecular complexity index is 1640. The molecule has 5 rings (SSSR count). The van der Waals surface area contributed by atoms with Gasteiger partial charge in [-0.2, -0.15) is 5.26 Å². The SMILES string of the molecule is Cc1nc(NCc2ccccc2)sc1-c1nnc(Cc2ccc(Cl)c(Oc3cc(Cl)cc(C#N)c3)c2C)o1. The lowest BCUT2D eigenvalue weighted by Gasteiger charge is -2.14. The summed E-state index contributed by atoms with van der Waals surface area (Å²) in [4.78, 5) is 5.43. The summed E-state index contributed by atoms with van der Waals surface area (Å²) in [5, 5.41) is 22.7. The molecular weight excluding hydrogens is 541 g/mol. The maximum Gasteiger partial charge on any atom is 0.259 e. The first kappa shape index (κ1) is 25.7. The number of ether oxygens (including phenoxy) is 1. The van der Waals surface area contributed by atoms with E-state index in [9.17, 15) is 5.26 Å². The van der Waals surface area contributed by atoms with Gasteiger partial charge in [-0.1, -0.05) is 70.9 Å². The van der Waals surface area contributed by atoms with Crippen molar-refractivity contribution >= 4 is 39.7 Å². The van der Waals surface area contributed by atoms with Crippen LogP contribution in [0.15, 0.2) is 65.1 Å². The summed E-state index contributed by atoms with van der Waals surface area (Å²) in [5.41, 5.74) is 4.11. The first-order chi connectivity index (χ1) is 18.4. The van der Waals surface area contributed by atoms with Gasteiger partial charge in [-0.25, -0.2) is 4.98 Å². The Balaban J connectivity index is 1.33. The number of nitrogens with zero attached hydrogens (tertiary/aromatic N) is 4. The van der Waals surface area contributed by atoms with Gasteiger partial charge in [0.15, 0.2) is 5.13 Å². The summed E-state index contributed by atoms with van der Waals surface area (Å²) in [6.45, 7) is 4.50. The minimum Gasteiger partial charge on any atom is -0.455 e. The summed E-state index contributed by atoms with van der Waals surface area (Å²) in [5.74, 6) is 1.78. The van der Waals surface area contributed by atoms with E-state index in [1.807, 2.05) is 38.1 Å². The van der Waals surface area contributed by atoms with E-state index < -0.39 is 0 Å². The number of hydrogen-bond donors (Lipinski definition) is 1. The fourth-order valence-corrected chi connectivity index (χ4v) is 5.20. The third-order valence-corrected chi connectivity index (χ3v) is 7.40. The number of hydrogen-bond acceptors (Lipinski definition) is 8. The first-order valence-corrected chi connectivity index (χ1v) is 13.2. The second-order valence-corrected chi connectivity index (χ2v) is 10.3. The van der Waals surface area contributed by atoms with Crippen molar-refractivity contribution in [2.75, 3.05) is 5.32 Å². The molecule has 0 radical (unpaired) electrons. The molecule has 2 aromatic heterocycles. The average molecular weight is 562 g/mol. The molecule has 0 unspecified atom stereocenters. The van der Waals surface area contributed by atoms with Gasteiger partial charge in [-0.3, -0.25) is 0 Å². The molecule has 5 aromatic rings. The number of nitriles is 1. The van der Waals surface area contributed by atoms with E-state index in [0.717, 1.165) is 26.8 Å². The Morgan fingerprint density at radius 2 is 1.87 bits per heavy atom. The Morgan fingerprint density at radius 1 is 1.05 bits per heavy atom. The number of aryl methyl sites for hydroxylation is 1. The van der Waals surface area contributed by atoms with Gasteiger partial charge in [-0.15, -0.1) is 10.2 Å². The monoisotopic (exact) mass is 561 g/mol. The first-order valence-electron chi connectivity index (χ1n) is 11.6. The van der Waals surface area contributed by atoms with E-state index >= 15 is 0 Å². The lowest BCUT2D eigenvalue weighted by molar-refractivity contribution is 0.477. The molecule has 3 aromatic carbocycles. The van der Waals surface area contributed by atoms with E-state index in [-0.39, 0.29) is 0 Å². The highest BCUT2D eigenvalue weighted by Crippen LogP contribution is 2.37. The fourth-order valence-electron chi connectivity index (χ4n) is 3.84. The lowest BCUT2D eigenvalue weighted by Crippen LogP contribution is -1.98. The van der Waals surface area contributed by atoms with Crippen LogP contribution in [-0.4, -0.2) is 15.2 Å². The zero-order chi connectivity index (χ0) is 26.6. The molecule has 0 amide bonds. The van der Waals surface area contributed by atoms with Crippen LogP contribution in [0.25, 0.3) is 10.8 Å². The average Bonchev–Trinajstić information content (AvgIpc) is 3.53. The Hall–Kier alpha value is -3.90. The minimum atomic E-state index is 0.391. The van der Waals surface area contributed by atoms with Gasteiger partial charge in [0.05, 0.1) is 28.8 Å². The van der Waals surface area contributed by atoms with Crippen molar-refractivity contribution in [2.45, 2.75) is 26.8 Å². The van der Waals surface area contributed by atoms with Gasteiger partial charge in [-0.05, 0) is 54.8 Å². The predicted octanol–water partition coefficient (Wildman–Crippen LogP) is 7.98. The van der Waals surface area contributed by atoms with E-state index in [2.05, 4.69) is 38.7 Å². The Kier molecular flexibility index (Phi) is 7.61. The van der Waals surface area contributed by atoms with Gasteiger partial charge < -0.3 is 14.5 Å². The van der Waals surface area contributed by atoms with Crippen LogP contribution in [0.5, 0.6) is 11.5 Å². The van der Waals surface area contributed by atoms with Gasteiger partial charge in [0.2, 0.25) is 5.89 Å². The number of anilines is 1. The van der Waals surface area contributed by atoms with E-state index in [0.29, 0.717) is 51.9 Å². The number of aromatic nitrogens is 3. The number of thiazole rings is 1. The van der Waals surface area contributed by atoms with Crippen molar-refractivity contribution in [1.29, 1.82) is 5.26 Å². The highest BCUT2D eigenvalue weighted by Gasteiger charge is 2.19. The van der Waals surface area contributed by atoms with Crippen LogP contribution < -0.4 is 10.1 Å². The second-order valence-electron chi connectivity index (χ2n) is 8.50. The van der Waals surface area contributed by atoms with E-state index in [1.165, 1.54) is 16.9 Å². The molecule has 0 aliphatic carbocycles. The van der Waals surface area contributed by atoms with Crippen molar-refractivity contribution in [1.82, 2.24) is 15.2 Å². The molecule has 190 valence electrons. The van der Waals surface area contributed by atoms with Crippen molar-refractivity contribution < 1.29 is 9.15 Å². The van der Waals surface area contributed by atoms with Crippen molar-refractivity contribution in [3.05, 3.63) is 105 Å². The molecule has 38 heavy (non-hydrogen) atoms. The minimum absolute atomic E-state index is 0.391. The zero-order valence-electron chi connectivity index (χ0n) is 20.5. The summed E-state index contributed by atoms with van der Waals surface area (Å²) < 4.78 is 12.1. The number of nitrogens with one attached hydrogen (secondary N) is 1. The summed E-state index contributed by atoms with van der Waals surface area (Å²) in [7, 11) is 0. The third kappa shape index (κ3) is 5.81. The van der Waals surface area contributed by atoms with Crippen LogP contribution in [0.4, 0.5) is 5.13 Å². The molecule has 0 saturated heterocycles. The van der Waals surface area contributed by atoms with Crippen molar-refractivity contribution in [3.8, 4) is 28.3 Å². The zero-order valence-corrected chi connectivity index (χ0v) is 22.8. The molecule has 2 heterocycles. The molecular formula is C28H21Cl2N5O2S. The molecule has 1 N–H and O–H groups in total. The molecule has 10 heteroatoms. The molecule has 0 bridgehead atoms. The molecule has 0 atom stereocenters. The van der Waals surface area contributed by atoms with Crippen LogP contribution >= 0.6 is 34.5 Å². The molecule has 7 nitrogen and oxygen atoms in total. The fraction of sp³-hybridized carbons (Fsp3) is 0.143. The largest absolute Gasteiger partial charge is 0.455 e. The van der Waals surface area contributed by atoms with Gasteiger partial charge >= 0.3 is 0 Å². The predicted molar refractivity (Wildman–Crippen MR) is 149 cm³/mol. The smallest absolute Gasteiger partial charge is 0.259 e. The molecule has 0 saturated carbocycles. The van der Waals surface area contributed by atoms with Crippen LogP contribution in [0.2, 0.25) is 10.0 Å². The van der Waals surface area contributed by atoms with Gasteiger partial charge in [0.25, 0.3) is 5.89 Å². The normalized spacial score (nSPS) is 10.8. The summed E-state index contributed by atoms with van der Waals surface area (Å²) in [6.07, 6.45) is 0.391. The van der Waals surface area contributed by atoms with Gasteiger partial charge in [0, 0.05) is 11.6 Å². The van der Waals surface area contributed by atoms with Crippen LogP contribution in [0.3, 0.4) is 0 Å². The number of benzene rings is 3. The standard InChI is InChI=1S/C28H21Cl2N5O2S/c1-16-20(8-9-23(30)25(16)36-22-11-19(14-31)10-21(29)13-22)12-24-34-35-27(37-24)26-17(2)33-28(38-26)32-15-18-6-4-3-5-7-18/h3-11,13H,12,15H2,1-2H3,(H,32,33).